The van der Waals surface area contributed by atoms with Gasteiger partial charge >= 0.3 is 0 Å². The average Bonchev–Trinajstić information content (AvgIpc) is 3.27. The Balaban J connectivity index is 1.76. The molecule has 1 fully saturated rings. The van der Waals surface area contributed by atoms with Crippen LogP contribution in [0.1, 0.15) is 55.6 Å². The van der Waals surface area contributed by atoms with Gasteiger partial charge in [-0.1, -0.05) is 18.2 Å². The second-order valence-corrected chi connectivity index (χ2v) is 10.3. The highest BCUT2D eigenvalue weighted by molar-refractivity contribution is 6.19. The second-order valence-electron chi connectivity index (χ2n) is 9.95. The topological polar surface area (TPSA) is 79.6 Å². The van der Waals surface area contributed by atoms with Crippen LogP contribution in [-0.4, -0.2) is 43.6 Å². The van der Waals surface area contributed by atoms with E-state index in [0.29, 0.717) is 11.1 Å². The van der Waals surface area contributed by atoms with Crippen molar-refractivity contribution in [1.29, 1.82) is 0 Å². The minimum absolute atomic E-state index is 0.0465. The first-order valence-electron chi connectivity index (χ1n) is 12.4. The van der Waals surface area contributed by atoms with Crippen LogP contribution in [0.5, 0.6) is 0 Å². The van der Waals surface area contributed by atoms with E-state index < -0.39 is 17.5 Å². The van der Waals surface area contributed by atoms with Gasteiger partial charge in [0, 0.05) is 29.8 Å². The number of rotatable bonds is 6. The first kappa shape index (κ1) is 27.3. The van der Waals surface area contributed by atoms with Crippen LogP contribution in [-0.2, 0) is 9.59 Å². The molecule has 3 aromatic rings. The van der Waals surface area contributed by atoms with Crippen molar-refractivity contribution in [3.63, 3.8) is 0 Å². The summed E-state index contributed by atoms with van der Waals surface area (Å²) in [6.45, 7) is 9.50. The Hall–Kier alpha value is -3.78. The highest BCUT2D eigenvalue weighted by Gasteiger charge is 2.42. The minimum Gasteiger partial charge on any atom is -0.346 e. The van der Waals surface area contributed by atoms with E-state index in [2.05, 4.69) is 15.3 Å². The maximum absolute atomic E-state index is 14.1. The predicted molar refractivity (Wildman–Crippen MR) is 148 cm³/mol. The van der Waals surface area contributed by atoms with Crippen LogP contribution in [0, 0.1) is 19.7 Å². The molecule has 1 aliphatic heterocycles. The molecule has 0 spiro atoms. The van der Waals surface area contributed by atoms with Gasteiger partial charge in [0.1, 0.15) is 5.82 Å². The Bertz CT molecular complexity index is 1420. The fourth-order valence-corrected chi connectivity index (χ4v) is 4.67. The summed E-state index contributed by atoms with van der Waals surface area (Å²) in [5, 5.41) is 3.29. The summed E-state index contributed by atoms with van der Waals surface area (Å²) < 4.78 is 15.6. The number of halogens is 2. The minimum atomic E-state index is -0.829. The lowest BCUT2D eigenvalue weighted by Crippen LogP contribution is -2.62. The first-order valence-corrected chi connectivity index (χ1v) is 12.9. The second kappa shape index (κ2) is 10.9. The normalized spacial score (nSPS) is 18.1. The zero-order chi connectivity index (χ0) is 27.6. The molecule has 198 valence electrons. The van der Waals surface area contributed by atoms with E-state index in [1.165, 1.54) is 17.0 Å². The smallest absolute Gasteiger partial charge is 0.259 e. The summed E-state index contributed by atoms with van der Waals surface area (Å²) >= 11 is 5.75. The Morgan fingerprint density at radius 3 is 2.53 bits per heavy atom. The van der Waals surface area contributed by atoms with E-state index in [1.54, 1.807) is 18.5 Å². The Kier molecular flexibility index (Phi) is 7.83. The Morgan fingerprint density at radius 2 is 1.92 bits per heavy atom. The molecule has 9 heteroatoms. The molecule has 2 aromatic carbocycles. The number of aromatic nitrogens is 2. The number of guanidine groups is 1. The first-order chi connectivity index (χ1) is 18.0. The standard InChI is InChI=1S/C29H31ClFN5O2/c1-18-14-21(6-11-25(18)35-16-19(2)32-17-35)15-24-27(38)36(20(3)22-7-9-23(31)10-8-22)28(34-29(24,4)5)33-26(37)12-13-30/h6-11,14-17,20H,12-13H2,1-5H3,(H,33,34,37)/b24-15-. The highest BCUT2D eigenvalue weighted by atomic mass is 35.5. The zero-order valence-electron chi connectivity index (χ0n) is 22.1. The van der Waals surface area contributed by atoms with Gasteiger partial charge in [-0.05, 0) is 81.7 Å². The van der Waals surface area contributed by atoms with Gasteiger partial charge in [-0.25, -0.2) is 9.37 Å². The maximum Gasteiger partial charge on any atom is 0.259 e. The number of aryl methyl sites for hydroxylation is 2. The summed E-state index contributed by atoms with van der Waals surface area (Å²) in [7, 11) is 0. The fourth-order valence-electron chi connectivity index (χ4n) is 4.51. The summed E-state index contributed by atoms with van der Waals surface area (Å²) in [4.78, 5) is 36.4. The van der Waals surface area contributed by atoms with Crippen LogP contribution in [0.4, 0.5) is 4.39 Å². The molecule has 0 bridgehead atoms. The summed E-state index contributed by atoms with van der Waals surface area (Å²) in [5.74, 6) is -0.835. The van der Waals surface area contributed by atoms with E-state index in [-0.39, 0.29) is 30.0 Å². The van der Waals surface area contributed by atoms with Gasteiger partial charge < -0.3 is 9.88 Å². The number of carbonyl (C=O) groups is 2. The Labute approximate surface area is 227 Å². The molecule has 0 saturated carbocycles. The van der Waals surface area contributed by atoms with Gasteiger partial charge in [0.05, 0.1) is 23.6 Å². The van der Waals surface area contributed by atoms with Gasteiger partial charge in [0.15, 0.2) is 0 Å². The lowest BCUT2D eigenvalue weighted by Gasteiger charge is -2.43. The van der Waals surface area contributed by atoms with Crippen molar-refractivity contribution < 1.29 is 14.0 Å². The molecule has 1 unspecified atom stereocenters. The SMILES string of the molecule is Cc1cn(-c2ccc(/C=C3/C(=O)N(C(C)c4ccc(F)cc4)/C(=N/C(=O)CCCl)NC3(C)C)cc2C)cn1. The van der Waals surface area contributed by atoms with E-state index in [0.717, 1.165) is 22.5 Å². The lowest BCUT2D eigenvalue weighted by molar-refractivity contribution is -0.126. The van der Waals surface area contributed by atoms with Gasteiger partial charge in [0.2, 0.25) is 11.9 Å². The van der Waals surface area contributed by atoms with Crippen LogP contribution in [0.25, 0.3) is 11.8 Å². The van der Waals surface area contributed by atoms with E-state index in [1.807, 2.05) is 69.7 Å². The van der Waals surface area contributed by atoms with Crippen molar-refractivity contribution in [3.05, 3.63) is 88.8 Å². The molecule has 2 heterocycles. The molecule has 1 atom stereocenters. The Morgan fingerprint density at radius 1 is 1.21 bits per heavy atom. The third-order valence-corrected chi connectivity index (χ3v) is 6.76. The largest absolute Gasteiger partial charge is 0.346 e. The number of imidazole rings is 1. The van der Waals surface area contributed by atoms with Crippen molar-refractivity contribution >= 4 is 35.5 Å². The molecule has 0 aliphatic carbocycles. The predicted octanol–water partition coefficient (Wildman–Crippen LogP) is 5.49. The van der Waals surface area contributed by atoms with Crippen LogP contribution in [0.15, 0.2) is 65.6 Å². The monoisotopic (exact) mass is 535 g/mol. The number of hydrogen-bond acceptors (Lipinski definition) is 3. The number of carbonyl (C=O) groups excluding carboxylic acids is 2. The summed E-state index contributed by atoms with van der Waals surface area (Å²) in [5.41, 5.74) is 4.18. The van der Waals surface area contributed by atoms with E-state index >= 15 is 0 Å². The quantitative estimate of drug-likeness (QED) is 0.334. The average molecular weight is 536 g/mol. The summed E-state index contributed by atoms with van der Waals surface area (Å²) in [6, 6.07) is 11.4. The van der Waals surface area contributed by atoms with Crippen molar-refractivity contribution in [1.82, 2.24) is 19.8 Å². The summed E-state index contributed by atoms with van der Waals surface area (Å²) in [6.07, 6.45) is 5.63. The number of nitrogens with zero attached hydrogens (tertiary/aromatic N) is 4. The highest BCUT2D eigenvalue weighted by Crippen LogP contribution is 2.32. The number of aliphatic imine (C=N–C) groups is 1. The molecule has 1 saturated heterocycles. The van der Waals surface area contributed by atoms with Crippen LogP contribution in [0.3, 0.4) is 0 Å². The van der Waals surface area contributed by atoms with E-state index in [9.17, 15) is 14.0 Å². The van der Waals surface area contributed by atoms with E-state index in [4.69, 9.17) is 11.6 Å². The fraction of sp³-hybridized carbons (Fsp3) is 0.310. The molecule has 1 aliphatic rings. The van der Waals surface area contributed by atoms with Gasteiger partial charge in [-0.15, -0.1) is 11.6 Å². The number of hydrogen-bond donors (Lipinski definition) is 1. The molecule has 4 rings (SSSR count). The molecule has 2 amide bonds. The van der Waals surface area contributed by atoms with Crippen LogP contribution >= 0.6 is 11.6 Å². The molecular weight excluding hydrogens is 505 g/mol. The van der Waals surface area contributed by atoms with Gasteiger partial charge in [-0.2, -0.15) is 4.99 Å². The maximum atomic E-state index is 14.1. The van der Waals surface area contributed by atoms with Crippen molar-refractivity contribution in [3.8, 4) is 5.69 Å². The number of amides is 2. The molecular formula is C29H31ClFN5O2. The molecule has 0 radical (unpaired) electrons. The van der Waals surface area contributed by atoms with Crippen molar-refractivity contribution in [2.75, 3.05) is 5.88 Å². The van der Waals surface area contributed by atoms with Crippen LogP contribution in [0.2, 0.25) is 0 Å². The molecule has 1 aromatic heterocycles. The van der Waals surface area contributed by atoms with Crippen molar-refractivity contribution in [2.24, 2.45) is 4.99 Å². The molecule has 38 heavy (non-hydrogen) atoms. The third-order valence-electron chi connectivity index (χ3n) is 6.58. The number of benzene rings is 2. The number of nitrogens with one attached hydrogen (secondary N) is 1. The van der Waals surface area contributed by atoms with Gasteiger partial charge in [0.25, 0.3) is 5.91 Å². The number of alkyl halides is 1. The lowest BCUT2D eigenvalue weighted by atomic mass is 9.87. The zero-order valence-corrected chi connectivity index (χ0v) is 22.9. The van der Waals surface area contributed by atoms with Crippen LogP contribution < -0.4 is 5.32 Å². The molecule has 7 nitrogen and oxygen atoms in total. The van der Waals surface area contributed by atoms with Gasteiger partial charge in [-0.3, -0.25) is 14.5 Å². The van der Waals surface area contributed by atoms with Crippen molar-refractivity contribution in [2.45, 2.75) is 52.6 Å². The third kappa shape index (κ3) is 5.70. The molecule has 1 N–H and O–H groups in total.